The van der Waals surface area contributed by atoms with Crippen LogP contribution in [-0.4, -0.2) is 4.98 Å². The second kappa shape index (κ2) is 5.17. The maximum Gasteiger partial charge on any atom is 0.0798 e. The van der Waals surface area contributed by atoms with E-state index in [0.717, 1.165) is 27.4 Å². The van der Waals surface area contributed by atoms with Crippen LogP contribution in [0.5, 0.6) is 0 Å². The minimum absolute atomic E-state index is 0.728. The number of hydrogen-bond donors (Lipinski definition) is 1. The van der Waals surface area contributed by atoms with Gasteiger partial charge in [0.25, 0.3) is 0 Å². The highest BCUT2D eigenvalue weighted by atomic mass is 79.9. The zero-order valence-electron chi connectivity index (χ0n) is 8.63. The molecular weight excluding hydrogens is 308 g/mol. The van der Waals surface area contributed by atoms with Crippen molar-refractivity contribution in [2.45, 2.75) is 13.5 Å². The van der Waals surface area contributed by atoms with Crippen LogP contribution >= 0.6 is 38.9 Å². The first-order chi connectivity index (χ1) is 7.66. The Kier molecular flexibility index (Phi) is 3.84. The zero-order valence-corrected chi connectivity index (χ0v) is 11.8. The monoisotopic (exact) mass is 316 g/mol. The lowest BCUT2D eigenvalue weighted by molar-refractivity contribution is 1.12. The topological polar surface area (TPSA) is 24.9 Å². The number of aryl methyl sites for hydroxylation is 1. The number of nitrogens with zero attached hydrogens (tertiary/aromatic N) is 1. The van der Waals surface area contributed by atoms with Crippen molar-refractivity contribution in [3.05, 3.63) is 43.8 Å². The Morgan fingerprint density at radius 3 is 3.00 bits per heavy atom. The van der Waals surface area contributed by atoms with Crippen LogP contribution in [0, 0.1) is 6.92 Å². The largest absolute Gasteiger partial charge is 0.379 e. The number of nitrogens with one attached hydrogen (secondary N) is 1. The summed E-state index contributed by atoms with van der Waals surface area (Å²) >= 11 is 11.1. The molecule has 0 aliphatic heterocycles. The number of hydrogen-bond acceptors (Lipinski definition) is 3. The summed E-state index contributed by atoms with van der Waals surface area (Å²) in [6.45, 7) is 2.79. The van der Waals surface area contributed by atoms with E-state index in [1.807, 2.05) is 30.6 Å². The molecule has 1 aromatic heterocycles. The van der Waals surface area contributed by atoms with E-state index in [-0.39, 0.29) is 0 Å². The van der Waals surface area contributed by atoms with Gasteiger partial charge in [0.05, 0.1) is 23.4 Å². The van der Waals surface area contributed by atoms with Gasteiger partial charge in [0.15, 0.2) is 0 Å². The maximum atomic E-state index is 5.94. The van der Waals surface area contributed by atoms with Crippen molar-refractivity contribution in [2.75, 3.05) is 5.32 Å². The summed E-state index contributed by atoms with van der Waals surface area (Å²) in [4.78, 5) is 5.45. The summed E-state index contributed by atoms with van der Waals surface area (Å²) in [5, 5.41) is 4.06. The molecule has 0 radical (unpaired) electrons. The van der Waals surface area contributed by atoms with Gasteiger partial charge in [-0.1, -0.05) is 11.6 Å². The van der Waals surface area contributed by atoms with E-state index < -0.39 is 0 Å². The Balaban J connectivity index is 2.10. The molecule has 0 saturated carbocycles. The quantitative estimate of drug-likeness (QED) is 0.903. The first-order valence-electron chi connectivity index (χ1n) is 4.74. The van der Waals surface area contributed by atoms with Gasteiger partial charge in [0.2, 0.25) is 0 Å². The van der Waals surface area contributed by atoms with Crippen LogP contribution in [0.15, 0.2) is 28.2 Å². The SMILES string of the molecule is Cc1ncsc1CNc1cc(Cl)ccc1Br. The van der Waals surface area contributed by atoms with Crippen LogP contribution in [0.3, 0.4) is 0 Å². The van der Waals surface area contributed by atoms with Crippen molar-refractivity contribution >= 4 is 44.6 Å². The fourth-order valence-electron chi connectivity index (χ4n) is 1.30. The average Bonchev–Trinajstić information content (AvgIpc) is 2.66. The summed E-state index contributed by atoms with van der Waals surface area (Å²) in [6.07, 6.45) is 0. The Hall–Kier alpha value is -0.580. The van der Waals surface area contributed by atoms with Gasteiger partial charge < -0.3 is 5.32 Å². The van der Waals surface area contributed by atoms with E-state index in [0.29, 0.717) is 0 Å². The fraction of sp³-hybridized carbons (Fsp3) is 0.182. The molecule has 16 heavy (non-hydrogen) atoms. The highest BCUT2D eigenvalue weighted by Crippen LogP contribution is 2.26. The van der Waals surface area contributed by atoms with Crippen molar-refractivity contribution in [3.8, 4) is 0 Å². The molecule has 1 N–H and O–H groups in total. The third-order valence-electron chi connectivity index (χ3n) is 2.21. The fourth-order valence-corrected chi connectivity index (χ4v) is 2.58. The maximum absolute atomic E-state index is 5.94. The minimum atomic E-state index is 0.728. The molecule has 0 fully saturated rings. The number of aromatic nitrogens is 1. The number of anilines is 1. The Bertz CT molecular complexity index is 498. The van der Waals surface area contributed by atoms with Crippen molar-refractivity contribution in [2.24, 2.45) is 0 Å². The van der Waals surface area contributed by atoms with E-state index in [1.54, 1.807) is 11.3 Å². The number of halogens is 2. The normalized spacial score (nSPS) is 10.4. The molecule has 2 rings (SSSR count). The van der Waals surface area contributed by atoms with Crippen LogP contribution < -0.4 is 5.32 Å². The highest BCUT2D eigenvalue weighted by molar-refractivity contribution is 9.10. The third-order valence-corrected chi connectivity index (χ3v) is 4.07. The van der Waals surface area contributed by atoms with Crippen molar-refractivity contribution in [3.63, 3.8) is 0 Å². The summed E-state index contributed by atoms with van der Waals surface area (Å²) in [7, 11) is 0. The summed E-state index contributed by atoms with van der Waals surface area (Å²) < 4.78 is 1.01. The lowest BCUT2D eigenvalue weighted by Crippen LogP contribution is -1.99. The number of thiazole rings is 1. The van der Waals surface area contributed by atoms with Crippen LogP contribution in [0.2, 0.25) is 5.02 Å². The molecule has 2 nitrogen and oxygen atoms in total. The van der Waals surface area contributed by atoms with E-state index >= 15 is 0 Å². The Labute approximate surface area is 112 Å². The molecule has 0 aliphatic rings. The first-order valence-corrected chi connectivity index (χ1v) is 6.80. The van der Waals surface area contributed by atoms with Crippen LogP contribution in [0.25, 0.3) is 0 Å². The Morgan fingerprint density at radius 2 is 2.31 bits per heavy atom. The lowest BCUT2D eigenvalue weighted by Gasteiger charge is -2.08. The molecule has 0 bridgehead atoms. The van der Waals surface area contributed by atoms with Crippen LogP contribution in [0.4, 0.5) is 5.69 Å². The van der Waals surface area contributed by atoms with Crippen molar-refractivity contribution in [1.29, 1.82) is 0 Å². The van der Waals surface area contributed by atoms with Gasteiger partial charge >= 0.3 is 0 Å². The van der Waals surface area contributed by atoms with Gasteiger partial charge in [-0.15, -0.1) is 11.3 Å². The molecule has 2 aromatic rings. The molecule has 0 unspecified atom stereocenters. The summed E-state index contributed by atoms with van der Waals surface area (Å²) in [5.74, 6) is 0. The highest BCUT2D eigenvalue weighted by Gasteiger charge is 2.03. The van der Waals surface area contributed by atoms with E-state index in [9.17, 15) is 0 Å². The minimum Gasteiger partial charge on any atom is -0.379 e. The van der Waals surface area contributed by atoms with Gasteiger partial charge in [0, 0.05) is 14.4 Å². The molecule has 84 valence electrons. The second-order valence-electron chi connectivity index (χ2n) is 3.34. The molecule has 0 aliphatic carbocycles. The van der Waals surface area contributed by atoms with E-state index in [1.165, 1.54) is 4.88 Å². The van der Waals surface area contributed by atoms with Gasteiger partial charge in [0.1, 0.15) is 0 Å². The second-order valence-corrected chi connectivity index (χ2v) is 5.57. The molecule has 0 amide bonds. The molecule has 0 saturated heterocycles. The number of rotatable bonds is 3. The molecule has 1 heterocycles. The summed E-state index contributed by atoms with van der Waals surface area (Å²) in [5.41, 5.74) is 3.94. The molecule has 0 spiro atoms. The molecular formula is C11H10BrClN2S. The average molecular weight is 318 g/mol. The third kappa shape index (κ3) is 2.75. The predicted octanol–water partition coefficient (Wildman–Crippen LogP) is 4.48. The van der Waals surface area contributed by atoms with Crippen molar-refractivity contribution in [1.82, 2.24) is 4.98 Å². The number of benzene rings is 1. The standard InChI is InChI=1S/C11H10BrClN2S/c1-7-11(16-6-15-7)5-14-10-4-8(13)2-3-9(10)12/h2-4,6,14H,5H2,1H3. The predicted molar refractivity (Wildman–Crippen MR) is 73.3 cm³/mol. The molecule has 0 atom stereocenters. The van der Waals surface area contributed by atoms with E-state index in [2.05, 4.69) is 26.2 Å². The lowest BCUT2D eigenvalue weighted by atomic mass is 10.3. The van der Waals surface area contributed by atoms with E-state index in [4.69, 9.17) is 11.6 Å². The first kappa shape index (κ1) is 11.9. The van der Waals surface area contributed by atoms with Gasteiger partial charge in [-0.2, -0.15) is 0 Å². The Morgan fingerprint density at radius 1 is 1.50 bits per heavy atom. The molecule has 1 aromatic carbocycles. The smallest absolute Gasteiger partial charge is 0.0798 e. The van der Waals surface area contributed by atoms with Gasteiger partial charge in [-0.25, -0.2) is 4.98 Å². The van der Waals surface area contributed by atoms with Gasteiger partial charge in [-0.05, 0) is 41.1 Å². The van der Waals surface area contributed by atoms with Crippen molar-refractivity contribution < 1.29 is 0 Å². The summed E-state index contributed by atoms with van der Waals surface area (Å²) in [6, 6.07) is 5.70. The molecule has 5 heteroatoms. The van der Waals surface area contributed by atoms with Crippen LogP contribution in [-0.2, 0) is 6.54 Å². The zero-order chi connectivity index (χ0) is 11.5. The van der Waals surface area contributed by atoms with Crippen LogP contribution in [0.1, 0.15) is 10.6 Å². The van der Waals surface area contributed by atoms with Gasteiger partial charge in [-0.3, -0.25) is 0 Å².